The summed E-state index contributed by atoms with van der Waals surface area (Å²) in [5, 5.41) is 0.447. The Bertz CT molecular complexity index is 354. The maximum atomic E-state index is 11.2. The molecule has 0 saturated carbocycles. The van der Waals surface area contributed by atoms with Crippen molar-refractivity contribution in [2.75, 3.05) is 7.11 Å². The number of hydrogen-bond acceptors (Lipinski definition) is 4. The van der Waals surface area contributed by atoms with Crippen LogP contribution in [0.5, 0.6) is 0 Å². The quantitative estimate of drug-likeness (QED) is 0.712. The topological polar surface area (TPSA) is 38.7 Å². The average Bonchev–Trinajstić information content (AvgIpc) is 2.16. The molecule has 0 aromatic heterocycles. The fraction of sp³-hybridized carbons (Fsp3) is 0.125. The zero-order valence-corrected chi connectivity index (χ0v) is 8.35. The molecule has 0 heterocycles. The predicted octanol–water partition coefficient (Wildman–Crippen LogP) is 2.49. The van der Waals surface area contributed by atoms with Crippen LogP contribution >= 0.6 is 11.6 Å². The molecule has 13 heavy (non-hydrogen) atoms. The van der Waals surface area contributed by atoms with Gasteiger partial charge < -0.3 is 4.74 Å². The Morgan fingerprint density at radius 3 is 2.85 bits per heavy atom. The van der Waals surface area contributed by atoms with Crippen LogP contribution < -0.4 is 0 Å². The molecular formula is C8H6ClNO2S. The van der Waals surface area contributed by atoms with Crippen molar-refractivity contribution >= 4 is 35.7 Å². The Hall–Kier alpha value is -1.00. The van der Waals surface area contributed by atoms with Crippen molar-refractivity contribution in [1.29, 1.82) is 0 Å². The van der Waals surface area contributed by atoms with E-state index in [0.717, 1.165) is 0 Å². The van der Waals surface area contributed by atoms with Gasteiger partial charge in [0.1, 0.15) is 0 Å². The molecular weight excluding hydrogens is 210 g/mol. The standard InChI is InChI=1S/C8H6ClNO2S/c1-12-8(11)6-4-5(9)2-3-7(6)10-13/h2-4H,1H3. The van der Waals surface area contributed by atoms with Crippen LogP contribution in [0.1, 0.15) is 10.4 Å². The second-order valence-corrected chi connectivity index (χ2v) is 2.86. The number of benzene rings is 1. The lowest BCUT2D eigenvalue weighted by molar-refractivity contribution is 0.0602. The third kappa shape index (κ3) is 2.23. The molecule has 0 aliphatic rings. The third-order valence-corrected chi connectivity index (χ3v) is 1.89. The molecule has 0 radical (unpaired) electrons. The van der Waals surface area contributed by atoms with Gasteiger partial charge in [0.2, 0.25) is 0 Å². The largest absolute Gasteiger partial charge is 0.465 e. The zero-order valence-electron chi connectivity index (χ0n) is 6.78. The highest BCUT2D eigenvalue weighted by molar-refractivity contribution is 7.47. The van der Waals surface area contributed by atoms with Crippen LogP contribution in [-0.4, -0.2) is 13.1 Å². The summed E-state index contributed by atoms with van der Waals surface area (Å²) in [7, 11) is 1.29. The van der Waals surface area contributed by atoms with Crippen LogP contribution in [-0.2, 0) is 17.2 Å². The molecule has 5 heteroatoms. The first-order valence-electron chi connectivity index (χ1n) is 3.40. The molecule has 1 aromatic rings. The molecule has 0 bridgehead atoms. The van der Waals surface area contributed by atoms with E-state index >= 15 is 0 Å². The Morgan fingerprint density at radius 2 is 2.31 bits per heavy atom. The van der Waals surface area contributed by atoms with Gasteiger partial charge in [-0.1, -0.05) is 11.6 Å². The zero-order chi connectivity index (χ0) is 9.84. The summed E-state index contributed by atoms with van der Waals surface area (Å²) in [6.07, 6.45) is 0. The lowest BCUT2D eigenvalue weighted by Crippen LogP contribution is -2.01. The van der Waals surface area contributed by atoms with Crippen molar-refractivity contribution < 1.29 is 9.53 Å². The normalized spacial score (nSPS) is 9.38. The van der Waals surface area contributed by atoms with Gasteiger partial charge in [0.25, 0.3) is 0 Å². The monoisotopic (exact) mass is 215 g/mol. The minimum atomic E-state index is -0.494. The second kappa shape index (κ2) is 4.30. The van der Waals surface area contributed by atoms with E-state index in [2.05, 4.69) is 21.5 Å². The number of methoxy groups -OCH3 is 1. The molecule has 0 amide bonds. The van der Waals surface area contributed by atoms with Crippen LogP contribution in [0.4, 0.5) is 5.69 Å². The van der Waals surface area contributed by atoms with E-state index in [-0.39, 0.29) is 5.56 Å². The van der Waals surface area contributed by atoms with Crippen molar-refractivity contribution in [2.45, 2.75) is 0 Å². The third-order valence-electron chi connectivity index (χ3n) is 1.46. The molecule has 1 rings (SSSR count). The second-order valence-electron chi connectivity index (χ2n) is 2.24. The van der Waals surface area contributed by atoms with Crippen LogP contribution in [0.3, 0.4) is 0 Å². The number of ether oxygens (including phenoxy) is 1. The average molecular weight is 216 g/mol. The van der Waals surface area contributed by atoms with Crippen LogP contribution in [0.15, 0.2) is 22.6 Å². The van der Waals surface area contributed by atoms with E-state index in [1.165, 1.54) is 13.2 Å². The molecule has 0 N–H and O–H groups in total. The summed E-state index contributed by atoms with van der Waals surface area (Å²) < 4.78 is 8.03. The Balaban J connectivity index is 3.23. The van der Waals surface area contributed by atoms with Gasteiger partial charge in [0, 0.05) is 17.4 Å². The maximum absolute atomic E-state index is 11.2. The number of esters is 1. The van der Waals surface area contributed by atoms with Crippen molar-refractivity contribution in [2.24, 2.45) is 4.36 Å². The molecule has 0 unspecified atom stereocenters. The van der Waals surface area contributed by atoms with Gasteiger partial charge in [-0.3, -0.25) is 0 Å². The fourth-order valence-corrected chi connectivity index (χ4v) is 1.19. The van der Waals surface area contributed by atoms with Crippen molar-refractivity contribution in [3.63, 3.8) is 0 Å². The van der Waals surface area contributed by atoms with Gasteiger partial charge >= 0.3 is 5.97 Å². The van der Waals surface area contributed by atoms with Crippen LogP contribution in [0.25, 0.3) is 0 Å². The molecule has 0 atom stereocenters. The number of hydrogen-bond donors (Lipinski definition) is 0. The smallest absolute Gasteiger partial charge is 0.340 e. The number of carbonyl (C=O) groups is 1. The number of nitrogens with zero attached hydrogens (tertiary/aromatic N) is 1. The van der Waals surface area contributed by atoms with Gasteiger partial charge in [-0.05, 0) is 18.2 Å². The van der Waals surface area contributed by atoms with E-state index in [1.54, 1.807) is 12.1 Å². The minimum absolute atomic E-state index is 0.282. The van der Waals surface area contributed by atoms with Gasteiger partial charge in [0.15, 0.2) is 0 Å². The summed E-state index contributed by atoms with van der Waals surface area (Å²) in [5.74, 6) is -0.494. The van der Waals surface area contributed by atoms with Gasteiger partial charge in [-0.15, -0.1) is 0 Å². The molecule has 68 valence electrons. The molecule has 0 aliphatic carbocycles. The summed E-state index contributed by atoms with van der Waals surface area (Å²) in [5.41, 5.74) is 0.677. The Morgan fingerprint density at radius 1 is 1.62 bits per heavy atom. The van der Waals surface area contributed by atoms with Gasteiger partial charge in [0.05, 0.1) is 18.4 Å². The first kappa shape index (κ1) is 10.1. The molecule has 1 aromatic carbocycles. The lowest BCUT2D eigenvalue weighted by Gasteiger charge is -2.02. The summed E-state index contributed by atoms with van der Waals surface area (Å²) >= 11 is 10.2. The maximum Gasteiger partial charge on any atom is 0.340 e. The van der Waals surface area contributed by atoms with Gasteiger partial charge in [-0.25, -0.2) is 4.79 Å². The Kier molecular flexibility index (Phi) is 3.33. The summed E-state index contributed by atoms with van der Waals surface area (Å²) in [6.45, 7) is 0. The van der Waals surface area contributed by atoms with Crippen LogP contribution in [0, 0.1) is 0 Å². The lowest BCUT2D eigenvalue weighted by atomic mass is 10.2. The molecule has 0 fully saturated rings. The van der Waals surface area contributed by atoms with Crippen molar-refractivity contribution in [1.82, 2.24) is 0 Å². The van der Waals surface area contributed by atoms with Crippen molar-refractivity contribution in [3.8, 4) is 0 Å². The van der Waals surface area contributed by atoms with E-state index in [9.17, 15) is 4.79 Å². The van der Waals surface area contributed by atoms with E-state index < -0.39 is 5.97 Å². The number of carbonyl (C=O) groups excluding carboxylic acids is 1. The molecule has 0 saturated heterocycles. The van der Waals surface area contributed by atoms with E-state index in [4.69, 9.17) is 11.6 Å². The van der Waals surface area contributed by atoms with Gasteiger partial charge in [-0.2, -0.15) is 4.36 Å². The predicted molar refractivity (Wildman–Crippen MR) is 52.2 cm³/mol. The van der Waals surface area contributed by atoms with E-state index in [1.807, 2.05) is 0 Å². The highest BCUT2D eigenvalue weighted by Gasteiger charge is 2.11. The Labute approximate surface area is 85.8 Å². The van der Waals surface area contributed by atoms with Crippen molar-refractivity contribution in [3.05, 3.63) is 28.8 Å². The SMILES string of the molecule is COC(=O)c1cc(Cl)ccc1N=S. The highest BCUT2D eigenvalue weighted by Crippen LogP contribution is 2.23. The summed E-state index contributed by atoms with van der Waals surface area (Å²) in [6, 6.07) is 4.65. The summed E-state index contributed by atoms with van der Waals surface area (Å²) in [4.78, 5) is 11.2. The molecule has 0 spiro atoms. The number of rotatable bonds is 2. The fourth-order valence-electron chi connectivity index (χ4n) is 0.861. The van der Waals surface area contributed by atoms with Crippen LogP contribution in [0.2, 0.25) is 5.02 Å². The number of halogens is 1. The first-order valence-corrected chi connectivity index (χ1v) is 4.14. The molecule has 3 nitrogen and oxygen atoms in total. The first-order chi connectivity index (χ1) is 6.19. The highest BCUT2D eigenvalue weighted by atomic mass is 35.5. The minimum Gasteiger partial charge on any atom is -0.465 e. The molecule has 0 aliphatic heterocycles. The van der Waals surface area contributed by atoms with E-state index in [0.29, 0.717) is 10.7 Å².